The van der Waals surface area contributed by atoms with Gasteiger partial charge in [-0.15, -0.1) is 0 Å². The van der Waals surface area contributed by atoms with E-state index in [9.17, 15) is 19.5 Å². The number of methoxy groups -OCH3 is 1. The maximum atomic E-state index is 14.5. The van der Waals surface area contributed by atoms with E-state index in [1.807, 2.05) is 56.6 Å². The molecule has 12 heteroatoms. The molecule has 0 unspecified atom stereocenters. The number of fused-ring (bicyclic) bond motifs is 2. The summed E-state index contributed by atoms with van der Waals surface area (Å²) in [5.74, 6) is 0.919. The molecule has 310 valence electrons. The summed E-state index contributed by atoms with van der Waals surface area (Å²) >= 11 is 0. The van der Waals surface area contributed by atoms with Gasteiger partial charge < -0.3 is 34.9 Å². The van der Waals surface area contributed by atoms with Gasteiger partial charge >= 0.3 is 5.97 Å². The molecule has 0 radical (unpaired) electrons. The van der Waals surface area contributed by atoms with Crippen molar-refractivity contribution in [2.75, 3.05) is 47.6 Å². The van der Waals surface area contributed by atoms with Gasteiger partial charge in [0.25, 0.3) is 5.91 Å². The summed E-state index contributed by atoms with van der Waals surface area (Å²) in [5.41, 5.74) is 3.16. The number of carbonyl (C=O) groups is 3. The van der Waals surface area contributed by atoms with Crippen molar-refractivity contribution in [3.8, 4) is 16.9 Å². The second kappa shape index (κ2) is 18.8. The van der Waals surface area contributed by atoms with Gasteiger partial charge in [0, 0.05) is 41.2 Å². The third-order valence-corrected chi connectivity index (χ3v) is 12.4. The molecule has 3 saturated carbocycles. The average Bonchev–Trinajstić information content (AvgIpc) is 3.49. The van der Waals surface area contributed by atoms with E-state index in [2.05, 4.69) is 50.2 Å². The molecule has 0 spiro atoms. The van der Waals surface area contributed by atoms with Gasteiger partial charge in [0.15, 0.2) is 0 Å². The zero-order valence-corrected chi connectivity index (χ0v) is 35.2. The first-order chi connectivity index (χ1) is 26.5. The van der Waals surface area contributed by atoms with Crippen LogP contribution in [0.3, 0.4) is 0 Å². The number of para-hydroxylation sites is 1. The van der Waals surface area contributed by atoms with Gasteiger partial charge in [-0.1, -0.05) is 65.0 Å². The van der Waals surface area contributed by atoms with E-state index in [0.717, 1.165) is 36.1 Å². The number of hydroxylamine groups is 2. The van der Waals surface area contributed by atoms with Crippen LogP contribution in [-0.2, 0) is 30.4 Å². The lowest BCUT2D eigenvalue weighted by Gasteiger charge is -2.62. The maximum Gasteiger partial charge on any atom is 0.332 e. The summed E-state index contributed by atoms with van der Waals surface area (Å²) in [6.07, 6.45) is 1.32. The summed E-state index contributed by atoms with van der Waals surface area (Å²) in [4.78, 5) is 48.7. The van der Waals surface area contributed by atoms with Gasteiger partial charge in [0.05, 0.1) is 33.0 Å². The lowest BCUT2D eigenvalue weighted by molar-refractivity contribution is -0.188. The summed E-state index contributed by atoms with van der Waals surface area (Å²) in [6, 6.07) is 12.5. The number of hydrogen-bond donors (Lipinski definition) is 3. The fourth-order valence-electron chi connectivity index (χ4n) is 9.56. The highest BCUT2D eigenvalue weighted by molar-refractivity contribution is 5.96. The number of nitrogens with one attached hydrogen (secondary N) is 2. The summed E-state index contributed by atoms with van der Waals surface area (Å²) in [7, 11) is 5.62. The fourth-order valence-corrected chi connectivity index (χ4v) is 9.56. The van der Waals surface area contributed by atoms with Crippen LogP contribution in [0.25, 0.3) is 11.1 Å². The zero-order valence-electron chi connectivity index (χ0n) is 35.2. The number of likely N-dealkylation sites (N-methyl/N-ethyl adjacent to an activating group) is 1. The van der Waals surface area contributed by atoms with E-state index in [4.69, 9.17) is 19.0 Å². The molecule has 3 aliphatic carbocycles. The summed E-state index contributed by atoms with van der Waals surface area (Å²) in [5, 5.41) is 19.5. The Kier molecular flexibility index (Phi) is 14.6. The monoisotopic (exact) mass is 778 g/mol. The van der Waals surface area contributed by atoms with Gasteiger partial charge in [0.1, 0.15) is 24.5 Å². The number of hydrogen-bond acceptors (Lipinski definition) is 10. The minimum atomic E-state index is -0.928. The van der Waals surface area contributed by atoms with Crippen molar-refractivity contribution in [3.63, 3.8) is 0 Å². The van der Waals surface area contributed by atoms with E-state index in [0.29, 0.717) is 35.0 Å². The molecular formula is C44H66N4O8. The molecule has 0 aromatic heterocycles. The number of rotatable bonds is 18. The van der Waals surface area contributed by atoms with Gasteiger partial charge in [0.2, 0.25) is 5.91 Å². The second-order valence-electron chi connectivity index (χ2n) is 17.5. The lowest BCUT2D eigenvalue weighted by atomic mass is 9.45. The third kappa shape index (κ3) is 9.93. The number of ether oxygens (including phenoxy) is 3. The highest BCUT2D eigenvalue weighted by Crippen LogP contribution is 2.61. The normalized spacial score (nSPS) is 26.7. The Morgan fingerprint density at radius 1 is 1.09 bits per heavy atom. The fraction of sp³-hybridized carbons (Fsp3) is 0.659. The summed E-state index contributed by atoms with van der Waals surface area (Å²) in [6.45, 7) is 15.4. The SMILES string of the molecule is CCOC(=O)COC[C@@H]1ON(Cc2cccc(-c3cccc(C(=O)N[C@H](CC(C)C)CN(C)C)c3)c2OC)[C@@H](C(=O)N[C@H]2C[C@H]3C[C@@H]([C@@H]2C)C3(C)C)[C@@H]1[C@H](C)O. The zero-order chi connectivity index (χ0) is 40.9. The van der Waals surface area contributed by atoms with Crippen molar-refractivity contribution < 1.29 is 38.5 Å². The molecule has 2 aromatic carbocycles. The summed E-state index contributed by atoms with van der Waals surface area (Å²) < 4.78 is 16.8. The topological polar surface area (TPSA) is 139 Å². The Morgan fingerprint density at radius 3 is 2.45 bits per heavy atom. The number of carbonyl (C=O) groups excluding carboxylic acids is 3. The minimum absolute atomic E-state index is 0.00772. The lowest BCUT2D eigenvalue weighted by Crippen LogP contribution is -2.62. The number of nitrogens with zero attached hydrogens (tertiary/aromatic N) is 2. The minimum Gasteiger partial charge on any atom is -0.496 e. The van der Waals surface area contributed by atoms with Crippen molar-refractivity contribution in [1.82, 2.24) is 20.6 Å². The first-order valence-electron chi connectivity index (χ1n) is 20.4. The van der Waals surface area contributed by atoms with Gasteiger partial charge in [-0.25, -0.2) is 4.79 Å². The van der Waals surface area contributed by atoms with Crippen LogP contribution in [0.4, 0.5) is 0 Å². The molecule has 4 fully saturated rings. The molecule has 1 heterocycles. The van der Waals surface area contributed by atoms with Gasteiger partial charge in [-0.3, -0.25) is 14.4 Å². The van der Waals surface area contributed by atoms with Crippen molar-refractivity contribution >= 4 is 17.8 Å². The largest absolute Gasteiger partial charge is 0.496 e. The number of amides is 2. The molecule has 3 N–H and O–H groups in total. The van der Waals surface area contributed by atoms with Gasteiger partial charge in [-0.05, 0) is 94.0 Å². The van der Waals surface area contributed by atoms with Crippen LogP contribution in [0, 0.1) is 35.0 Å². The van der Waals surface area contributed by atoms with E-state index in [-0.39, 0.29) is 55.7 Å². The Morgan fingerprint density at radius 2 is 1.82 bits per heavy atom. The Hall–Kier alpha value is -3.55. The van der Waals surface area contributed by atoms with Crippen LogP contribution < -0.4 is 15.4 Å². The molecule has 2 aromatic rings. The van der Waals surface area contributed by atoms with E-state index in [1.54, 1.807) is 26.0 Å². The van der Waals surface area contributed by atoms with Crippen molar-refractivity contribution in [2.45, 2.75) is 105 Å². The van der Waals surface area contributed by atoms with Crippen LogP contribution in [-0.4, -0.2) is 111 Å². The van der Waals surface area contributed by atoms with Crippen molar-refractivity contribution in [2.24, 2.45) is 35.0 Å². The van der Waals surface area contributed by atoms with Gasteiger partial charge in [-0.2, -0.15) is 5.06 Å². The Labute approximate surface area is 333 Å². The van der Waals surface area contributed by atoms with Crippen LogP contribution in [0.2, 0.25) is 0 Å². The smallest absolute Gasteiger partial charge is 0.332 e. The van der Waals surface area contributed by atoms with Crippen LogP contribution >= 0.6 is 0 Å². The first kappa shape index (κ1) is 43.6. The molecule has 1 saturated heterocycles. The number of esters is 1. The quantitative estimate of drug-likeness (QED) is 0.171. The van der Waals surface area contributed by atoms with Crippen molar-refractivity contribution in [3.05, 3.63) is 53.6 Å². The number of aliphatic hydroxyl groups excluding tert-OH is 1. The van der Waals surface area contributed by atoms with Crippen LogP contribution in [0.1, 0.15) is 83.7 Å². The molecular weight excluding hydrogens is 713 g/mol. The molecule has 4 aliphatic rings. The number of benzene rings is 2. The molecule has 12 nitrogen and oxygen atoms in total. The third-order valence-electron chi connectivity index (χ3n) is 12.4. The predicted molar refractivity (Wildman–Crippen MR) is 216 cm³/mol. The van der Waals surface area contributed by atoms with E-state index >= 15 is 0 Å². The maximum absolute atomic E-state index is 14.5. The molecule has 6 rings (SSSR count). The Bertz CT molecular complexity index is 1650. The van der Waals surface area contributed by atoms with E-state index in [1.165, 1.54) is 6.42 Å². The highest BCUT2D eigenvalue weighted by Gasteiger charge is 2.57. The molecule has 56 heavy (non-hydrogen) atoms. The average molecular weight is 779 g/mol. The number of aliphatic hydroxyl groups is 1. The first-order valence-corrected chi connectivity index (χ1v) is 20.4. The molecule has 1 aliphatic heterocycles. The van der Waals surface area contributed by atoms with E-state index < -0.39 is 30.1 Å². The van der Waals surface area contributed by atoms with Crippen LogP contribution in [0.5, 0.6) is 5.75 Å². The Balaban J connectivity index is 1.41. The van der Waals surface area contributed by atoms with Crippen molar-refractivity contribution in [1.29, 1.82) is 0 Å². The highest BCUT2D eigenvalue weighted by atomic mass is 16.7. The molecule has 2 amide bonds. The predicted octanol–water partition coefficient (Wildman–Crippen LogP) is 5.32. The molecule has 2 bridgehead atoms. The molecule has 9 atom stereocenters. The van der Waals surface area contributed by atoms with Crippen LogP contribution in [0.15, 0.2) is 42.5 Å². The standard InChI is InChI=1S/C44H66N4O8/c1-11-55-38(50)25-54-24-37-39(28(5)49)40(43(52)46-36-21-32-20-35(27(36)4)44(32,6)7)48(56-37)22-31-16-13-17-34(41(31)53-10)29-14-12-15-30(19-29)42(51)45-33(18-26(2)3)23-47(8)9/h12-17,19,26-28,32-33,35-37,39-40,49H,11,18,20-25H2,1-10H3,(H,45,51)(H,46,52)/t27-,28-,32+,33+,35-,36-,37-,39+,40+/m0/s1. The second-order valence-corrected chi connectivity index (χ2v) is 17.5.